The Morgan fingerprint density at radius 3 is 2.75 bits per heavy atom. The summed E-state index contributed by atoms with van der Waals surface area (Å²) in [6.45, 7) is 1.87. The van der Waals surface area contributed by atoms with Crippen LogP contribution in [0.2, 0.25) is 0 Å². The fourth-order valence-electron chi connectivity index (χ4n) is 1.52. The number of nitrogens with one attached hydrogen (secondary N) is 1. The molecule has 2 aromatic rings. The molecule has 20 heavy (non-hydrogen) atoms. The number of rotatable bonds is 4. The summed E-state index contributed by atoms with van der Waals surface area (Å²) in [5.41, 5.74) is 3.94. The Hall–Kier alpha value is -2.15. The van der Waals surface area contributed by atoms with Crippen molar-refractivity contribution < 1.29 is 9.90 Å². The molecule has 1 heterocycles. The number of hydrogen-bond acceptors (Lipinski definition) is 4. The number of amides is 1. The van der Waals surface area contributed by atoms with Crippen LogP contribution in [-0.4, -0.2) is 26.5 Å². The summed E-state index contributed by atoms with van der Waals surface area (Å²) in [6, 6.07) is 6.59. The fraction of sp³-hybridized carbons (Fsp3) is 0.154. The molecule has 1 aromatic heterocycles. The molecule has 0 bridgehead atoms. The average molecular weight is 337 g/mol. The number of halogens is 1. The van der Waals surface area contributed by atoms with Crippen LogP contribution in [0.4, 0.5) is 0 Å². The first-order chi connectivity index (χ1) is 9.54. The molecule has 1 amide bonds. The van der Waals surface area contributed by atoms with Crippen molar-refractivity contribution in [2.24, 2.45) is 5.10 Å². The van der Waals surface area contributed by atoms with Gasteiger partial charge < -0.3 is 5.11 Å². The number of carbonyl (C=O) groups excluding carboxylic acids is 1. The highest BCUT2D eigenvalue weighted by molar-refractivity contribution is 9.10. The number of benzene rings is 1. The van der Waals surface area contributed by atoms with Gasteiger partial charge in [-0.1, -0.05) is 0 Å². The van der Waals surface area contributed by atoms with E-state index in [0.29, 0.717) is 5.71 Å². The van der Waals surface area contributed by atoms with Crippen LogP contribution in [0.5, 0.6) is 5.75 Å². The second-order valence-corrected chi connectivity index (χ2v) is 5.05. The number of aromatic hydroxyl groups is 1. The zero-order chi connectivity index (χ0) is 14.5. The summed E-state index contributed by atoms with van der Waals surface area (Å²) in [7, 11) is 0. The minimum atomic E-state index is -0.265. The summed E-state index contributed by atoms with van der Waals surface area (Å²) < 4.78 is 2.32. The molecule has 0 radical (unpaired) electrons. The highest BCUT2D eigenvalue weighted by Crippen LogP contribution is 2.10. The number of nitrogens with zero attached hydrogens (tertiary/aromatic N) is 3. The van der Waals surface area contributed by atoms with Crippen LogP contribution in [0, 0.1) is 0 Å². The van der Waals surface area contributed by atoms with Crippen LogP contribution < -0.4 is 5.43 Å². The molecule has 0 aliphatic carbocycles. The average Bonchev–Trinajstić information content (AvgIpc) is 2.82. The predicted molar refractivity (Wildman–Crippen MR) is 78.4 cm³/mol. The lowest BCUT2D eigenvalue weighted by Crippen LogP contribution is -2.24. The van der Waals surface area contributed by atoms with Crippen LogP contribution in [0.25, 0.3) is 0 Å². The highest BCUT2D eigenvalue weighted by atomic mass is 79.9. The summed E-state index contributed by atoms with van der Waals surface area (Å²) in [6.07, 6.45) is 3.31. The predicted octanol–water partition coefficient (Wildman–Crippen LogP) is 1.89. The Morgan fingerprint density at radius 2 is 2.15 bits per heavy atom. The van der Waals surface area contributed by atoms with E-state index in [-0.39, 0.29) is 18.2 Å². The fourth-order valence-corrected chi connectivity index (χ4v) is 1.85. The summed E-state index contributed by atoms with van der Waals surface area (Å²) >= 11 is 3.26. The van der Waals surface area contributed by atoms with Crippen molar-refractivity contribution in [3.63, 3.8) is 0 Å². The molecule has 0 unspecified atom stereocenters. The number of hydrazone groups is 1. The maximum absolute atomic E-state index is 11.7. The van der Waals surface area contributed by atoms with E-state index in [1.807, 2.05) is 0 Å². The van der Waals surface area contributed by atoms with Gasteiger partial charge in [0.25, 0.3) is 5.91 Å². The van der Waals surface area contributed by atoms with E-state index in [9.17, 15) is 9.90 Å². The lowest BCUT2D eigenvalue weighted by Gasteiger charge is -2.03. The van der Waals surface area contributed by atoms with E-state index in [1.165, 1.54) is 4.68 Å². The second kappa shape index (κ2) is 6.33. The molecule has 0 aliphatic rings. The van der Waals surface area contributed by atoms with Crippen molar-refractivity contribution in [3.8, 4) is 5.75 Å². The van der Waals surface area contributed by atoms with Crippen LogP contribution in [-0.2, 0) is 11.3 Å². The van der Waals surface area contributed by atoms with E-state index in [0.717, 1.165) is 10.0 Å². The highest BCUT2D eigenvalue weighted by Gasteiger charge is 2.04. The van der Waals surface area contributed by atoms with Crippen molar-refractivity contribution in [1.29, 1.82) is 0 Å². The van der Waals surface area contributed by atoms with E-state index >= 15 is 0 Å². The minimum Gasteiger partial charge on any atom is -0.508 e. The number of hydrogen-bond donors (Lipinski definition) is 2. The molecule has 1 aromatic carbocycles. The van der Waals surface area contributed by atoms with E-state index in [4.69, 9.17) is 0 Å². The zero-order valence-electron chi connectivity index (χ0n) is 10.7. The Labute approximate surface area is 124 Å². The second-order valence-electron chi connectivity index (χ2n) is 4.14. The van der Waals surface area contributed by atoms with Gasteiger partial charge in [-0.15, -0.1) is 0 Å². The van der Waals surface area contributed by atoms with Gasteiger partial charge in [-0.2, -0.15) is 10.2 Å². The molecule has 6 nitrogen and oxygen atoms in total. The van der Waals surface area contributed by atoms with Gasteiger partial charge in [0.15, 0.2) is 0 Å². The third kappa shape index (κ3) is 3.92. The zero-order valence-corrected chi connectivity index (χ0v) is 12.3. The van der Waals surface area contributed by atoms with Crippen molar-refractivity contribution in [2.75, 3.05) is 0 Å². The van der Waals surface area contributed by atoms with Crippen molar-refractivity contribution >= 4 is 27.5 Å². The molecule has 0 spiro atoms. The maximum Gasteiger partial charge on any atom is 0.261 e. The molecule has 0 saturated heterocycles. The quantitative estimate of drug-likeness (QED) is 0.661. The molecule has 2 N–H and O–H groups in total. The van der Waals surface area contributed by atoms with E-state index in [1.54, 1.807) is 43.6 Å². The molecular formula is C13H13BrN4O2. The van der Waals surface area contributed by atoms with Gasteiger partial charge >= 0.3 is 0 Å². The SMILES string of the molecule is C/C(=N\NC(=O)Cn1cc(Br)cn1)c1ccc(O)cc1. The first-order valence-corrected chi connectivity index (χ1v) is 6.64. The van der Waals surface area contributed by atoms with Gasteiger partial charge in [-0.05, 0) is 52.7 Å². The summed E-state index contributed by atoms with van der Waals surface area (Å²) in [5, 5.41) is 17.2. The molecule has 104 valence electrons. The topological polar surface area (TPSA) is 79.5 Å². The van der Waals surface area contributed by atoms with Gasteiger partial charge in [-0.25, -0.2) is 5.43 Å². The molecule has 0 aliphatic heterocycles. The lowest BCUT2D eigenvalue weighted by molar-refractivity contribution is -0.121. The number of phenolic OH excluding ortho intramolecular Hbond substituents is 1. The number of phenols is 1. The smallest absolute Gasteiger partial charge is 0.261 e. The van der Waals surface area contributed by atoms with Crippen molar-refractivity contribution in [3.05, 3.63) is 46.7 Å². The first-order valence-electron chi connectivity index (χ1n) is 5.85. The molecule has 2 rings (SSSR count). The van der Waals surface area contributed by atoms with Gasteiger partial charge in [-0.3, -0.25) is 9.48 Å². The van der Waals surface area contributed by atoms with E-state index < -0.39 is 0 Å². The third-order valence-corrected chi connectivity index (χ3v) is 2.95. The van der Waals surface area contributed by atoms with Crippen LogP contribution >= 0.6 is 15.9 Å². The number of carbonyl (C=O) groups is 1. The molecule has 7 heteroatoms. The van der Waals surface area contributed by atoms with Crippen LogP contribution in [0.3, 0.4) is 0 Å². The summed E-state index contributed by atoms with van der Waals surface area (Å²) in [4.78, 5) is 11.7. The number of aromatic nitrogens is 2. The van der Waals surface area contributed by atoms with Crippen LogP contribution in [0.1, 0.15) is 12.5 Å². The van der Waals surface area contributed by atoms with Crippen molar-refractivity contribution in [2.45, 2.75) is 13.5 Å². The van der Waals surface area contributed by atoms with Crippen LogP contribution in [0.15, 0.2) is 46.2 Å². The Morgan fingerprint density at radius 1 is 1.45 bits per heavy atom. The van der Waals surface area contributed by atoms with Gasteiger partial charge in [0.1, 0.15) is 12.3 Å². The summed E-state index contributed by atoms with van der Waals surface area (Å²) in [5.74, 6) is -0.0754. The molecule has 0 saturated carbocycles. The van der Waals surface area contributed by atoms with E-state index in [2.05, 4.69) is 31.6 Å². The Bertz CT molecular complexity index is 634. The Balaban J connectivity index is 1.94. The molecule has 0 atom stereocenters. The largest absolute Gasteiger partial charge is 0.508 e. The van der Waals surface area contributed by atoms with Crippen molar-refractivity contribution in [1.82, 2.24) is 15.2 Å². The monoisotopic (exact) mass is 336 g/mol. The lowest BCUT2D eigenvalue weighted by atomic mass is 10.1. The van der Waals surface area contributed by atoms with Gasteiger partial charge in [0, 0.05) is 6.20 Å². The normalized spacial score (nSPS) is 11.4. The third-order valence-electron chi connectivity index (χ3n) is 2.54. The van der Waals surface area contributed by atoms with Gasteiger partial charge in [0.05, 0.1) is 16.4 Å². The first kappa shape index (κ1) is 14.3. The minimum absolute atomic E-state index is 0.0952. The Kier molecular flexibility index (Phi) is 4.52. The molecular weight excluding hydrogens is 324 g/mol. The maximum atomic E-state index is 11.7. The van der Waals surface area contributed by atoms with Gasteiger partial charge in [0.2, 0.25) is 0 Å². The standard InChI is InChI=1S/C13H13BrN4O2/c1-9(10-2-4-12(19)5-3-10)16-17-13(20)8-18-7-11(14)6-15-18/h2-7,19H,8H2,1H3,(H,17,20)/b16-9+. The molecule has 0 fully saturated rings.